The Morgan fingerprint density at radius 2 is 1.91 bits per heavy atom. The molecule has 3 rings (SSSR count). The molecule has 0 aliphatic heterocycles. The van der Waals surface area contributed by atoms with Gasteiger partial charge in [-0.2, -0.15) is 0 Å². The Labute approximate surface area is 126 Å². The van der Waals surface area contributed by atoms with Crippen LogP contribution in [0, 0.1) is 5.82 Å². The van der Waals surface area contributed by atoms with E-state index in [1.165, 1.54) is 16.7 Å². The van der Waals surface area contributed by atoms with Crippen LogP contribution in [0.4, 0.5) is 4.39 Å². The first-order valence-electron chi connectivity index (χ1n) is 7.08. The molecular weight excluding hydrogens is 283 g/mol. The van der Waals surface area contributed by atoms with Crippen LogP contribution in [0.2, 0.25) is 0 Å². The first-order chi connectivity index (χ1) is 10.6. The normalized spacial score (nSPS) is 12.5. The van der Waals surface area contributed by atoms with Crippen LogP contribution in [-0.2, 0) is 0 Å². The van der Waals surface area contributed by atoms with E-state index in [2.05, 4.69) is 4.98 Å². The van der Waals surface area contributed by atoms with Crippen LogP contribution < -0.4 is 5.56 Å². The number of hydrogen-bond donors (Lipinski definition) is 1. The van der Waals surface area contributed by atoms with Crippen LogP contribution in [-0.4, -0.2) is 14.7 Å². The third-order valence-electron chi connectivity index (χ3n) is 3.57. The van der Waals surface area contributed by atoms with Gasteiger partial charge in [-0.3, -0.25) is 9.36 Å². The predicted molar refractivity (Wildman–Crippen MR) is 82.5 cm³/mol. The quantitative estimate of drug-likeness (QED) is 0.809. The fourth-order valence-electron chi connectivity index (χ4n) is 2.44. The number of aliphatic hydroxyl groups excluding tert-OH is 1. The fourth-order valence-corrected chi connectivity index (χ4v) is 2.44. The van der Waals surface area contributed by atoms with Gasteiger partial charge in [0, 0.05) is 0 Å². The summed E-state index contributed by atoms with van der Waals surface area (Å²) in [5.41, 5.74) is 0.282. The molecule has 0 amide bonds. The molecule has 5 heteroatoms. The van der Waals surface area contributed by atoms with Crippen molar-refractivity contribution in [3.63, 3.8) is 0 Å². The maximum atomic E-state index is 14.0. The summed E-state index contributed by atoms with van der Waals surface area (Å²) in [4.78, 5) is 17.1. The molecule has 0 saturated heterocycles. The Hall–Kier alpha value is -2.53. The number of para-hydroxylation sites is 1. The third-order valence-corrected chi connectivity index (χ3v) is 3.57. The molecule has 0 spiro atoms. The molecule has 0 aliphatic rings. The highest BCUT2D eigenvalue weighted by Gasteiger charge is 2.19. The average molecular weight is 298 g/mol. The highest BCUT2D eigenvalue weighted by atomic mass is 19.1. The van der Waals surface area contributed by atoms with Gasteiger partial charge in [0.15, 0.2) is 0 Å². The molecule has 0 bridgehead atoms. The molecule has 0 fully saturated rings. The number of aromatic nitrogens is 2. The Kier molecular flexibility index (Phi) is 3.73. The number of nitrogens with zero attached hydrogens (tertiary/aromatic N) is 2. The number of aliphatic hydroxyl groups is 1. The monoisotopic (exact) mass is 298 g/mol. The molecule has 0 saturated carbocycles. The molecule has 1 aromatic heterocycles. The lowest BCUT2D eigenvalue weighted by molar-refractivity contribution is 0.160. The van der Waals surface area contributed by atoms with E-state index >= 15 is 0 Å². The van der Waals surface area contributed by atoms with E-state index in [4.69, 9.17) is 0 Å². The van der Waals surface area contributed by atoms with Crippen LogP contribution in [0.3, 0.4) is 0 Å². The van der Waals surface area contributed by atoms with Crippen LogP contribution in [0.25, 0.3) is 16.6 Å². The number of halogens is 1. The smallest absolute Gasteiger partial charge is 0.269 e. The van der Waals surface area contributed by atoms with E-state index in [9.17, 15) is 14.3 Å². The third kappa shape index (κ3) is 2.29. The molecule has 1 N–H and O–H groups in total. The SMILES string of the molecule is CC[C@@H](O)c1nc2cccc(F)c2c(=O)n1-c1ccccc1. The van der Waals surface area contributed by atoms with Crippen molar-refractivity contribution in [1.29, 1.82) is 0 Å². The van der Waals surface area contributed by atoms with Gasteiger partial charge in [-0.05, 0) is 30.7 Å². The van der Waals surface area contributed by atoms with Crippen LogP contribution >= 0.6 is 0 Å². The molecule has 0 unspecified atom stereocenters. The zero-order chi connectivity index (χ0) is 15.7. The number of hydrogen-bond acceptors (Lipinski definition) is 3. The first-order valence-corrected chi connectivity index (χ1v) is 7.08. The lowest BCUT2D eigenvalue weighted by Crippen LogP contribution is -2.26. The lowest BCUT2D eigenvalue weighted by atomic mass is 10.2. The van der Waals surface area contributed by atoms with Crippen molar-refractivity contribution in [3.8, 4) is 5.69 Å². The zero-order valence-electron chi connectivity index (χ0n) is 12.0. The lowest BCUT2D eigenvalue weighted by Gasteiger charge is -2.16. The van der Waals surface area contributed by atoms with E-state index in [0.29, 0.717) is 12.1 Å². The van der Waals surface area contributed by atoms with Crippen molar-refractivity contribution < 1.29 is 9.50 Å². The van der Waals surface area contributed by atoms with Crippen LogP contribution in [0.1, 0.15) is 25.3 Å². The molecular formula is C17H15FN2O2. The standard InChI is InChI=1S/C17H15FN2O2/c1-2-14(21)16-19-13-10-6-9-12(18)15(13)17(22)20(16)11-7-4-3-5-8-11/h3-10,14,21H,2H2,1H3/t14-/m1/s1. The zero-order valence-corrected chi connectivity index (χ0v) is 12.0. The fraction of sp³-hybridized carbons (Fsp3) is 0.176. The first kappa shape index (κ1) is 14.4. The maximum Gasteiger partial charge on any atom is 0.269 e. The second-order valence-corrected chi connectivity index (χ2v) is 5.00. The Bertz CT molecular complexity index is 875. The summed E-state index contributed by atoms with van der Waals surface area (Å²) in [6.07, 6.45) is -0.499. The van der Waals surface area contributed by atoms with E-state index < -0.39 is 17.5 Å². The number of rotatable bonds is 3. The molecule has 2 aromatic carbocycles. The summed E-state index contributed by atoms with van der Waals surface area (Å²) in [6.45, 7) is 1.79. The van der Waals surface area contributed by atoms with E-state index in [1.807, 2.05) is 6.07 Å². The van der Waals surface area contributed by atoms with E-state index in [1.54, 1.807) is 37.3 Å². The molecule has 22 heavy (non-hydrogen) atoms. The molecule has 0 radical (unpaired) electrons. The van der Waals surface area contributed by atoms with Gasteiger partial charge in [0.2, 0.25) is 0 Å². The summed E-state index contributed by atoms with van der Waals surface area (Å²) < 4.78 is 15.3. The topological polar surface area (TPSA) is 55.1 Å². The van der Waals surface area contributed by atoms with Crippen molar-refractivity contribution in [3.05, 3.63) is 70.5 Å². The molecule has 0 aliphatic carbocycles. The molecule has 1 heterocycles. The minimum absolute atomic E-state index is 0.0709. The molecule has 112 valence electrons. The van der Waals surface area contributed by atoms with Gasteiger partial charge in [0.25, 0.3) is 5.56 Å². The Morgan fingerprint density at radius 3 is 2.59 bits per heavy atom. The van der Waals surface area contributed by atoms with Gasteiger partial charge in [-0.1, -0.05) is 31.2 Å². The summed E-state index contributed by atoms with van der Waals surface area (Å²) >= 11 is 0. The minimum Gasteiger partial charge on any atom is -0.385 e. The summed E-state index contributed by atoms with van der Waals surface area (Å²) in [7, 11) is 0. The highest BCUT2D eigenvalue weighted by molar-refractivity contribution is 5.78. The second kappa shape index (κ2) is 5.69. The summed E-state index contributed by atoms with van der Waals surface area (Å²) in [6, 6.07) is 13.1. The van der Waals surface area contributed by atoms with Gasteiger partial charge < -0.3 is 5.11 Å². The number of benzene rings is 2. The van der Waals surface area contributed by atoms with E-state index in [0.717, 1.165) is 0 Å². The largest absolute Gasteiger partial charge is 0.385 e. The predicted octanol–water partition coefficient (Wildman–Crippen LogP) is 2.97. The van der Waals surface area contributed by atoms with Gasteiger partial charge in [0.05, 0.1) is 11.2 Å². The molecule has 4 nitrogen and oxygen atoms in total. The average Bonchev–Trinajstić information content (AvgIpc) is 2.54. The van der Waals surface area contributed by atoms with Gasteiger partial charge in [-0.15, -0.1) is 0 Å². The van der Waals surface area contributed by atoms with Gasteiger partial charge >= 0.3 is 0 Å². The second-order valence-electron chi connectivity index (χ2n) is 5.00. The highest BCUT2D eigenvalue weighted by Crippen LogP contribution is 2.21. The van der Waals surface area contributed by atoms with E-state index in [-0.39, 0.29) is 16.7 Å². The minimum atomic E-state index is -0.902. The Balaban J connectivity index is 2.44. The number of fused-ring (bicyclic) bond motifs is 1. The van der Waals surface area contributed by atoms with Crippen molar-refractivity contribution in [2.75, 3.05) is 0 Å². The Morgan fingerprint density at radius 1 is 1.18 bits per heavy atom. The van der Waals surface area contributed by atoms with Crippen molar-refractivity contribution in [2.24, 2.45) is 0 Å². The van der Waals surface area contributed by atoms with Crippen molar-refractivity contribution in [1.82, 2.24) is 9.55 Å². The molecule has 1 atom stereocenters. The molecule has 3 aromatic rings. The van der Waals surface area contributed by atoms with Crippen molar-refractivity contribution in [2.45, 2.75) is 19.4 Å². The van der Waals surface area contributed by atoms with Gasteiger partial charge in [0.1, 0.15) is 23.1 Å². The van der Waals surface area contributed by atoms with Crippen molar-refractivity contribution >= 4 is 10.9 Å². The summed E-state index contributed by atoms with van der Waals surface area (Å²) in [5, 5.41) is 10.1. The summed E-state index contributed by atoms with van der Waals surface area (Å²) in [5.74, 6) is -0.394. The van der Waals surface area contributed by atoms with Gasteiger partial charge in [-0.25, -0.2) is 9.37 Å². The van der Waals surface area contributed by atoms with Crippen LogP contribution in [0.5, 0.6) is 0 Å². The maximum absolute atomic E-state index is 14.0. The van der Waals surface area contributed by atoms with Crippen LogP contribution in [0.15, 0.2) is 53.3 Å².